The van der Waals surface area contributed by atoms with E-state index in [9.17, 15) is 4.79 Å². The minimum Gasteiger partial charge on any atom is -0.211 e. The summed E-state index contributed by atoms with van der Waals surface area (Å²) < 4.78 is 0. The first kappa shape index (κ1) is 7.23. The molecule has 0 saturated heterocycles. The number of isocyanates is 1. The maximum atomic E-state index is 9.73. The molecule has 0 radical (unpaired) electrons. The molecule has 0 aliphatic heterocycles. The zero-order valence-electron chi connectivity index (χ0n) is 5.92. The largest absolute Gasteiger partial charge is 0.234 e. The molecule has 0 aromatic carbocycles. The average molecular weight is 137 g/mol. The number of hydrogen-bond donors (Lipinski definition) is 0. The molecule has 54 valence electrons. The topological polar surface area (TPSA) is 29.4 Å². The molecule has 1 atom stereocenters. The van der Waals surface area contributed by atoms with Gasteiger partial charge in [0.1, 0.15) is 0 Å². The first-order valence-corrected chi connectivity index (χ1v) is 3.64. The molecule has 0 spiro atoms. The Morgan fingerprint density at radius 2 is 2.60 bits per heavy atom. The third-order valence-corrected chi connectivity index (χ3v) is 1.74. The number of nitrogens with zero attached hydrogens (tertiary/aromatic N) is 1. The molecule has 0 aromatic heterocycles. The van der Waals surface area contributed by atoms with Crippen LogP contribution in [0.2, 0.25) is 0 Å². The molecule has 10 heavy (non-hydrogen) atoms. The minimum absolute atomic E-state index is 0.496. The summed E-state index contributed by atoms with van der Waals surface area (Å²) >= 11 is 0. The highest BCUT2D eigenvalue weighted by atomic mass is 16.1. The van der Waals surface area contributed by atoms with E-state index in [2.05, 4.69) is 17.1 Å². The van der Waals surface area contributed by atoms with Crippen molar-refractivity contribution in [1.29, 1.82) is 0 Å². The SMILES string of the molecule is O=C=NCC1C=CCCC1. The van der Waals surface area contributed by atoms with Crippen LogP contribution in [0.15, 0.2) is 17.1 Å². The second kappa shape index (κ2) is 4.02. The smallest absolute Gasteiger partial charge is 0.211 e. The lowest BCUT2D eigenvalue weighted by Crippen LogP contribution is -2.03. The van der Waals surface area contributed by atoms with Crippen LogP contribution in [-0.4, -0.2) is 12.6 Å². The van der Waals surface area contributed by atoms with Crippen molar-refractivity contribution in [3.05, 3.63) is 12.2 Å². The van der Waals surface area contributed by atoms with Crippen molar-refractivity contribution < 1.29 is 4.79 Å². The number of hydrogen-bond acceptors (Lipinski definition) is 2. The van der Waals surface area contributed by atoms with Gasteiger partial charge >= 0.3 is 0 Å². The molecule has 0 N–H and O–H groups in total. The number of allylic oxidation sites excluding steroid dienone is 1. The molecule has 0 amide bonds. The van der Waals surface area contributed by atoms with Crippen molar-refractivity contribution in [3.8, 4) is 0 Å². The van der Waals surface area contributed by atoms with Gasteiger partial charge in [-0.3, -0.25) is 0 Å². The van der Waals surface area contributed by atoms with E-state index >= 15 is 0 Å². The summed E-state index contributed by atoms with van der Waals surface area (Å²) in [7, 11) is 0. The Kier molecular flexibility index (Phi) is 2.91. The van der Waals surface area contributed by atoms with Crippen LogP contribution in [0, 0.1) is 5.92 Å². The van der Waals surface area contributed by atoms with Gasteiger partial charge in [0.25, 0.3) is 0 Å². The zero-order chi connectivity index (χ0) is 7.23. The van der Waals surface area contributed by atoms with E-state index < -0.39 is 0 Å². The van der Waals surface area contributed by atoms with Crippen LogP contribution < -0.4 is 0 Å². The van der Waals surface area contributed by atoms with Gasteiger partial charge in [0.15, 0.2) is 0 Å². The minimum atomic E-state index is 0.496. The lowest BCUT2D eigenvalue weighted by Gasteiger charge is -2.11. The lowest BCUT2D eigenvalue weighted by atomic mass is 9.96. The quantitative estimate of drug-likeness (QED) is 0.323. The molecule has 0 heterocycles. The van der Waals surface area contributed by atoms with Gasteiger partial charge < -0.3 is 0 Å². The molecule has 1 rings (SSSR count). The van der Waals surface area contributed by atoms with Crippen molar-refractivity contribution in [2.45, 2.75) is 19.3 Å². The summed E-state index contributed by atoms with van der Waals surface area (Å²) in [6.07, 6.45) is 9.44. The fraction of sp³-hybridized carbons (Fsp3) is 0.625. The molecular formula is C8H11NO. The van der Waals surface area contributed by atoms with Gasteiger partial charge in [0.2, 0.25) is 6.08 Å². The Bertz CT molecular complexity index is 168. The average Bonchev–Trinajstić information content (AvgIpc) is 2.03. The molecule has 1 unspecified atom stereocenters. The molecule has 1 aliphatic carbocycles. The summed E-state index contributed by atoms with van der Waals surface area (Å²) in [5.74, 6) is 0.496. The van der Waals surface area contributed by atoms with E-state index in [0.29, 0.717) is 12.5 Å². The summed E-state index contributed by atoms with van der Waals surface area (Å²) in [4.78, 5) is 13.3. The Balaban J connectivity index is 2.32. The van der Waals surface area contributed by atoms with E-state index in [4.69, 9.17) is 0 Å². The maximum absolute atomic E-state index is 9.73. The van der Waals surface area contributed by atoms with Gasteiger partial charge in [-0.25, -0.2) is 9.79 Å². The fourth-order valence-electron chi connectivity index (χ4n) is 1.19. The number of carbonyl (C=O) groups excluding carboxylic acids is 1. The van der Waals surface area contributed by atoms with Crippen LogP contribution in [0.3, 0.4) is 0 Å². The third kappa shape index (κ3) is 2.16. The van der Waals surface area contributed by atoms with Gasteiger partial charge in [-0.2, -0.15) is 0 Å². The van der Waals surface area contributed by atoms with Crippen molar-refractivity contribution in [3.63, 3.8) is 0 Å². The standard InChI is InChI=1S/C8H11NO/c10-7-9-6-8-4-2-1-3-5-8/h2,4,8H,1,3,5-6H2. The molecule has 2 heteroatoms. The van der Waals surface area contributed by atoms with Gasteiger partial charge in [0, 0.05) is 0 Å². The van der Waals surface area contributed by atoms with Crippen LogP contribution in [0.1, 0.15) is 19.3 Å². The van der Waals surface area contributed by atoms with Crippen LogP contribution in [0.25, 0.3) is 0 Å². The number of aliphatic imine (C=N–C) groups is 1. The number of rotatable bonds is 2. The van der Waals surface area contributed by atoms with Crippen LogP contribution in [0.4, 0.5) is 0 Å². The molecular weight excluding hydrogens is 126 g/mol. The van der Waals surface area contributed by atoms with E-state index in [-0.39, 0.29) is 0 Å². The molecule has 0 saturated carbocycles. The van der Waals surface area contributed by atoms with Crippen LogP contribution in [0.5, 0.6) is 0 Å². The highest BCUT2D eigenvalue weighted by Gasteiger charge is 2.06. The lowest BCUT2D eigenvalue weighted by molar-refractivity contribution is 0.537. The van der Waals surface area contributed by atoms with Crippen molar-refractivity contribution in [1.82, 2.24) is 0 Å². The second-order valence-electron chi connectivity index (χ2n) is 2.55. The Morgan fingerprint density at radius 1 is 1.70 bits per heavy atom. The first-order chi connectivity index (χ1) is 4.93. The highest BCUT2D eigenvalue weighted by Crippen LogP contribution is 2.16. The normalized spacial score (nSPS) is 23.8. The molecule has 2 nitrogen and oxygen atoms in total. The maximum Gasteiger partial charge on any atom is 0.234 e. The molecule has 0 aromatic rings. The Morgan fingerprint density at radius 3 is 3.20 bits per heavy atom. The van der Waals surface area contributed by atoms with Gasteiger partial charge in [-0.1, -0.05) is 12.2 Å². The summed E-state index contributed by atoms with van der Waals surface area (Å²) in [5.41, 5.74) is 0. The molecule has 0 bridgehead atoms. The molecule has 0 fully saturated rings. The van der Waals surface area contributed by atoms with E-state index in [1.807, 2.05) is 0 Å². The van der Waals surface area contributed by atoms with E-state index in [0.717, 1.165) is 0 Å². The predicted octanol–water partition coefficient (Wildman–Crippen LogP) is 1.68. The summed E-state index contributed by atoms with van der Waals surface area (Å²) in [6.45, 7) is 0.625. The van der Waals surface area contributed by atoms with E-state index in [1.165, 1.54) is 19.3 Å². The third-order valence-electron chi connectivity index (χ3n) is 1.74. The zero-order valence-corrected chi connectivity index (χ0v) is 5.92. The predicted molar refractivity (Wildman–Crippen MR) is 39.5 cm³/mol. The first-order valence-electron chi connectivity index (χ1n) is 3.64. The summed E-state index contributed by atoms with van der Waals surface area (Å²) in [5, 5.41) is 0. The van der Waals surface area contributed by atoms with Crippen LogP contribution in [-0.2, 0) is 4.79 Å². The fourth-order valence-corrected chi connectivity index (χ4v) is 1.19. The van der Waals surface area contributed by atoms with Crippen LogP contribution >= 0.6 is 0 Å². The Hall–Kier alpha value is -0.880. The monoisotopic (exact) mass is 137 g/mol. The van der Waals surface area contributed by atoms with Crippen molar-refractivity contribution >= 4 is 6.08 Å². The second-order valence-corrected chi connectivity index (χ2v) is 2.55. The molecule has 1 aliphatic rings. The van der Waals surface area contributed by atoms with Gasteiger partial charge in [-0.05, 0) is 25.2 Å². The van der Waals surface area contributed by atoms with Gasteiger partial charge in [-0.15, -0.1) is 0 Å². The van der Waals surface area contributed by atoms with Crippen molar-refractivity contribution in [2.75, 3.05) is 6.54 Å². The van der Waals surface area contributed by atoms with Gasteiger partial charge in [0.05, 0.1) is 6.54 Å². The van der Waals surface area contributed by atoms with E-state index in [1.54, 1.807) is 6.08 Å². The summed E-state index contributed by atoms with van der Waals surface area (Å²) in [6, 6.07) is 0. The Labute approximate surface area is 60.7 Å². The highest BCUT2D eigenvalue weighted by molar-refractivity contribution is 5.32. The van der Waals surface area contributed by atoms with Crippen molar-refractivity contribution in [2.24, 2.45) is 10.9 Å².